The van der Waals surface area contributed by atoms with Gasteiger partial charge in [-0.25, -0.2) is 9.37 Å². The maximum Gasteiger partial charge on any atom is 0.246 e. The van der Waals surface area contributed by atoms with Crippen LogP contribution >= 0.6 is 11.3 Å². The van der Waals surface area contributed by atoms with Crippen molar-refractivity contribution in [3.63, 3.8) is 0 Å². The number of hydrogen-bond donors (Lipinski definition) is 1. The maximum atomic E-state index is 13.2. The number of allylic oxidation sites excluding steroid dienone is 2. The van der Waals surface area contributed by atoms with Crippen molar-refractivity contribution in [1.82, 2.24) is 9.88 Å². The van der Waals surface area contributed by atoms with E-state index in [2.05, 4.69) is 10.3 Å². The summed E-state index contributed by atoms with van der Waals surface area (Å²) in [6, 6.07) is 4.17. The van der Waals surface area contributed by atoms with E-state index in [4.69, 9.17) is 0 Å². The zero-order valence-corrected chi connectivity index (χ0v) is 13.9. The van der Waals surface area contributed by atoms with Crippen LogP contribution in [0.15, 0.2) is 30.4 Å². The average Bonchev–Trinajstić information content (AvgIpc) is 3.09. The van der Waals surface area contributed by atoms with Gasteiger partial charge >= 0.3 is 0 Å². The lowest BCUT2D eigenvalue weighted by atomic mass is 9.85. The second kappa shape index (κ2) is 6.03. The standard InChI is InChI=1S/C17H14FN3O3S/c18-9-5-6-12-13(7-9)25-17(19-12)20-14(22)8-21-15(23)10-3-1-2-4-11(10)16(21)24/h1-2,5-7,10-11H,3-4,8H2,(H,19,20,22)/t10-,11-/m1/s1. The van der Waals surface area contributed by atoms with Gasteiger partial charge in [-0.1, -0.05) is 23.5 Å². The number of carbonyl (C=O) groups is 3. The number of thiazole rings is 1. The molecular formula is C17H14FN3O3S. The number of hydrogen-bond acceptors (Lipinski definition) is 5. The largest absolute Gasteiger partial charge is 0.300 e. The molecule has 1 aliphatic carbocycles. The highest BCUT2D eigenvalue weighted by Crippen LogP contribution is 2.35. The van der Waals surface area contributed by atoms with Gasteiger partial charge in [0.05, 0.1) is 22.1 Å². The number of aromatic nitrogens is 1. The number of rotatable bonds is 3. The fourth-order valence-corrected chi connectivity index (χ4v) is 4.19. The van der Waals surface area contributed by atoms with Gasteiger partial charge in [0.1, 0.15) is 12.4 Å². The van der Waals surface area contributed by atoms with Crippen LogP contribution in [-0.2, 0) is 14.4 Å². The van der Waals surface area contributed by atoms with E-state index in [-0.39, 0.29) is 36.0 Å². The van der Waals surface area contributed by atoms with E-state index in [1.54, 1.807) is 0 Å². The van der Waals surface area contributed by atoms with Gasteiger partial charge in [0, 0.05) is 0 Å². The molecule has 128 valence electrons. The fourth-order valence-electron chi connectivity index (χ4n) is 3.28. The molecule has 0 bridgehead atoms. The molecule has 0 saturated carbocycles. The van der Waals surface area contributed by atoms with Crippen LogP contribution in [0.5, 0.6) is 0 Å². The first-order chi connectivity index (χ1) is 12.0. The first-order valence-electron chi connectivity index (χ1n) is 7.89. The van der Waals surface area contributed by atoms with Crippen molar-refractivity contribution in [2.75, 3.05) is 11.9 Å². The summed E-state index contributed by atoms with van der Waals surface area (Å²) < 4.78 is 13.8. The molecule has 8 heteroatoms. The molecule has 1 aliphatic heterocycles. The van der Waals surface area contributed by atoms with Crippen molar-refractivity contribution < 1.29 is 18.8 Å². The van der Waals surface area contributed by atoms with Crippen molar-refractivity contribution >= 4 is 44.4 Å². The lowest BCUT2D eigenvalue weighted by Gasteiger charge is -2.14. The van der Waals surface area contributed by atoms with E-state index < -0.39 is 5.91 Å². The highest BCUT2D eigenvalue weighted by molar-refractivity contribution is 7.22. The Morgan fingerprint density at radius 2 is 1.92 bits per heavy atom. The number of halogens is 1. The van der Waals surface area contributed by atoms with Crippen LogP contribution in [0.25, 0.3) is 10.2 Å². The Labute approximate surface area is 146 Å². The van der Waals surface area contributed by atoms with Crippen molar-refractivity contribution in [2.45, 2.75) is 12.8 Å². The molecule has 1 fully saturated rings. The van der Waals surface area contributed by atoms with E-state index >= 15 is 0 Å². The molecule has 1 aromatic carbocycles. The first-order valence-corrected chi connectivity index (χ1v) is 8.71. The summed E-state index contributed by atoms with van der Waals surface area (Å²) in [6.45, 7) is -0.324. The first kappa shape index (κ1) is 15.9. The van der Waals surface area contributed by atoms with Crippen LogP contribution in [0.4, 0.5) is 9.52 Å². The summed E-state index contributed by atoms with van der Waals surface area (Å²) in [5, 5.41) is 2.89. The molecule has 0 spiro atoms. The zero-order valence-electron chi connectivity index (χ0n) is 13.1. The van der Waals surface area contributed by atoms with Crippen LogP contribution in [0.1, 0.15) is 12.8 Å². The van der Waals surface area contributed by atoms with E-state index in [9.17, 15) is 18.8 Å². The van der Waals surface area contributed by atoms with E-state index in [1.165, 1.54) is 18.2 Å². The molecular weight excluding hydrogens is 345 g/mol. The summed E-state index contributed by atoms with van der Waals surface area (Å²) in [4.78, 5) is 42.2. The molecule has 2 aliphatic rings. The third-order valence-corrected chi connectivity index (χ3v) is 5.43. The lowest BCUT2D eigenvalue weighted by Crippen LogP contribution is -2.38. The van der Waals surface area contributed by atoms with Gasteiger partial charge in [-0.05, 0) is 31.0 Å². The number of fused-ring (bicyclic) bond motifs is 2. The van der Waals surface area contributed by atoms with Crippen molar-refractivity contribution in [3.05, 3.63) is 36.2 Å². The topological polar surface area (TPSA) is 79.4 Å². The Balaban J connectivity index is 1.46. The monoisotopic (exact) mass is 359 g/mol. The Hall–Kier alpha value is -2.61. The summed E-state index contributed by atoms with van der Waals surface area (Å²) in [7, 11) is 0. The fraction of sp³-hybridized carbons (Fsp3) is 0.294. The quantitative estimate of drug-likeness (QED) is 0.674. The number of likely N-dealkylation sites (tertiary alicyclic amines) is 1. The van der Waals surface area contributed by atoms with E-state index in [0.717, 1.165) is 16.2 Å². The summed E-state index contributed by atoms with van der Waals surface area (Å²) in [5.74, 6) is -2.15. The zero-order chi connectivity index (χ0) is 17.6. The third kappa shape index (κ3) is 2.82. The average molecular weight is 359 g/mol. The van der Waals surface area contributed by atoms with Gasteiger partial charge in [0.25, 0.3) is 0 Å². The number of nitrogens with one attached hydrogen (secondary N) is 1. The Kier molecular flexibility index (Phi) is 3.84. The number of imide groups is 1. The SMILES string of the molecule is O=C(CN1C(=O)[C@@H]2CC=CC[C@H]2C1=O)Nc1nc2ccc(F)cc2s1. The minimum atomic E-state index is -0.493. The second-order valence-corrected chi connectivity index (χ2v) is 7.13. The summed E-state index contributed by atoms with van der Waals surface area (Å²) in [5.41, 5.74) is 0.576. The summed E-state index contributed by atoms with van der Waals surface area (Å²) >= 11 is 1.14. The van der Waals surface area contributed by atoms with Crippen molar-refractivity contribution in [2.24, 2.45) is 11.8 Å². The molecule has 2 atom stereocenters. The van der Waals surface area contributed by atoms with Gasteiger partial charge in [-0.15, -0.1) is 0 Å². The minimum Gasteiger partial charge on any atom is -0.300 e. The van der Waals surface area contributed by atoms with Gasteiger partial charge in [0.15, 0.2) is 5.13 Å². The molecule has 6 nitrogen and oxygen atoms in total. The molecule has 1 N–H and O–H groups in total. The van der Waals surface area contributed by atoms with Crippen LogP contribution < -0.4 is 5.32 Å². The second-order valence-electron chi connectivity index (χ2n) is 6.10. The van der Waals surface area contributed by atoms with E-state index in [1.807, 2.05) is 12.2 Å². The highest BCUT2D eigenvalue weighted by Gasteiger charge is 2.47. The van der Waals surface area contributed by atoms with Crippen LogP contribution in [0.3, 0.4) is 0 Å². The van der Waals surface area contributed by atoms with Crippen molar-refractivity contribution in [1.29, 1.82) is 0 Å². The van der Waals surface area contributed by atoms with Gasteiger partial charge < -0.3 is 5.32 Å². The van der Waals surface area contributed by atoms with Crippen LogP contribution in [-0.4, -0.2) is 34.2 Å². The van der Waals surface area contributed by atoms with Crippen LogP contribution in [0.2, 0.25) is 0 Å². The predicted molar refractivity (Wildman–Crippen MR) is 90.3 cm³/mol. The predicted octanol–water partition coefficient (Wildman–Crippen LogP) is 2.33. The molecule has 1 aromatic heterocycles. The summed E-state index contributed by atoms with van der Waals surface area (Å²) in [6.07, 6.45) is 4.87. The molecule has 2 aromatic rings. The van der Waals surface area contributed by atoms with Crippen LogP contribution in [0, 0.1) is 17.7 Å². The van der Waals surface area contributed by atoms with Gasteiger partial charge in [0.2, 0.25) is 17.7 Å². The van der Waals surface area contributed by atoms with Gasteiger partial charge in [-0.3, -0.25) is 19.3 Å². The molecule has 4 rings (SSSR count). The maximum absolute atomic E-state index is 13.2. The highest BCUT2D eigenvalue weighted by atomic mass is 32.1. The smallest absolute Gasteiger partial charge is 0.246 e. The lowest BCUT2D eigenvalue weighted by molar-refractivity contribution is -0.142. The number of nitrogens with zero attached hydrogens (tertiary/aromatic N) is 2. The Bertz CT molecular complexity index is 897. The molecule has 3 amide bonds. The van der Waals surface area contributed by atoms with E-state index in [0.29, 0.717) is 28.2 Å². The minimum absolute atomic E-state index is 0.291. The molecule has 0 radical (unpaired) electrons. The number of carbonyl (C=O) groups excluding carboxylic acids is 3. The Morgan fingerprint density at radius 3 is 2.60 bits per heavy atom. The van der Waals surface area contributed by atoms with Crippen molar-refractivity contribution in [3.8, 4) is 0 Å². The third-order valence-electron chi connectivity index (χ3n) is 4.50. The number of amides is 3. The molecule has 0 unspecified atom stereocenters. The number of anilines is 1. The van der Waals surface area contributed by atoms with Gasteiger partial charge in [-0.2, -0.15) is 0 Å². The molecule has 1 saturated heterocycles. The molecule has 2 heterocycles. The normalized spacial score (nSPS) is 22.5. The number of benzene rings is 1. The molecule has 25 heavy (non-hydrogen) atoms. The Morgan fingerprint density at radius 1 is 1.24 bits per heavy atom.